The largest absolute Gasteiger partial charge is 0.378 e. The van der Waals surface area contributed by atoms with Gasteiger partial charge in [0.2, 0.25) is 11.9 Å². The number of carbonyl (C=O) groups excluding carboxylic acids is 1. The van der Waals surface area contributed by atoms with Crippen molar-refractivity contribution in [2.75, 3.05) is 43.5 Å². The van der Waals surface area contributed by atoms with Crippen LogP contribution in [0.4, 0.5) is 10.3 Å². The van der Waals surface area contributed by atoms with E-state index in [1.54, 1.807) is 6.07 Å². The Labute approximate surface area is 192 Å². The number of benzene rings is 1. The van der Waals surface area contributed by atoms with Crippen molar-refractivity contribution in [1.29, 1.82) is 0 Å². The van der Waals surface area contributed by atoms with E-state index in [0.29, 0.717) is 60.8 Å². The van der Waals surface area contributed by atoms with E-state index in [1.165, 1.54) is 49.6 Å². The summed E-state index contributed by atoms with van der Waals surface area (Å²) in [4.78, 5) is 17.4. The van der Waals surface area contributed by atoms with E-state index in [-0.39, 0.29) is 11.7 Å². The lowest BCUT2D eigenvalue weighted by Crippen LogP contribution is -2.50. The number of anilines is 1. The maximum absolute atomic E-state index is 14.0. The molecule has 32 heavy (non-hydrogen) atoms. The van der Waals surface area contributed by atoms with Crippen LogP contribution in [-0.4, -0.2) is 70.2 Å². The number of morpholine rings is 1. The predicted molar refractivity (Wildman–Crippen MR) is 122 cm³/mol. The lowest BCUT2D eigenvalue weighted by atomic mass is 9.78. The van der Waals surface area contributed by atoms with Crippen molar-refractivity contribution in [1.82, 2.24) is 19.7 Å². The fraction of sp³-hybridized carbons (Fsp3) is 0.609. The van der Waals surface area contributed by atoms with Crippen LogP contribution in [0, 0.1) is 11.7 Å². The number of carbonyl (C=O) groups is 1. The van der Waals surface area contributed by atoms with Crippen LogP contribution in [0.3, 0.4) is 0 Å². The molecule has 5 rings (SSSR count). The average Bonchev–Trinajstić information content (AvgIpc) is 3.27. The molecule has 1 aromatic heterocycles. The second kappa shape index (κ2) is 9.79. The quantitative estimate of drug-likeness (QED) is 0.638. The summed E-state index contributed by atoms with van der Waals surface area (Å²) in [6.45, 7) is 3.50. The number of hydrogen-bond donors (Lipinski definition) is 0. The first-order chi connectivity index (χ1) is 15.7. The van der Waals surface area contributed by atoms with Gasteiger partial charge in [0.05, 0.1) is 24.7 Å². The van der Waals surface area contributed by atoms with Crippen LogP contribution >= 0.6 is 11.8 Å². The Balaban J connectivity index is 1.36. The van der Waals surface area contributed by atoms with Crippen LogP contribution in [0.5, 0.6) is 0 Å². The Hall–Kier alpha value is -2.13. The van der Waals surface area contributed by atoms with Crippen LogP contribution in [0.25, 0.3) is 5.69 Å². The van der Waals surface area contributed by atoms with Crippen molar-refractivity contribution in [2.24, 2.45) is 5.92 Å². The Morgan fingerprint density at radius 2 is 1.91 bits per heavy atom. The maximum atomic E-state index is 14.0. The Morgan fingerprint density at radius 3 is 2.75 bits per heavy atom. The lowest BCUT2D eigenvalue weighted by molar-refractivity contribution is -0.134. The number of rotatable bonds is 5. The smallest absolute Gasteiger partial charge is 0.233 e. The third kappa shape index (κ3) is 4.50. The molecule has 3 aliphatic rings. The van der Waals surface area contributed by atoms with Crippen molar-refractivity contribution in [3.05, 3.63) is 30.1 Å². The molecule has 2 aliphatic heterocycles. The van der Waals surface area contributed by atoms with Gasteiger partial charge in [-0.1, -0.05) is 30.7 Å². The highest BCUT2D eigenvalue weighted by Gasteiger charge is 2.35. The minimum Gasteiger partial charge on any atom is -0.378 e. The van der Waals surface area contributed by atoms with Gasteiger partial charge in [-0.05, 0) is 49.8 Å². The highest BCUT2D eigenvalue weighted by Crippen LogP contribution is 2.36. The molecule has 0 spiro atoms. The summed E-state index contributed by atoms with van der Waals surface area (Å²) in [5.41, 5.74) is 0.664. The van der Waals surface area contributed by atoms with E-state index >= 15 is 0 Å². The fourth-order valence-electron chi connectivity index (χ4n) is 5.31. The van der Waals surface area contributed by atoms with Gasteiger partial charge in [-0.3, -0.25) is 9.36 Å². The highest BCUT2D eigenvalue weighted by atomic mass is 32.2. The molecule has 0 radical (unpaired) electrons. The molecule has 2 atom stereocenters. The number of amides is 1. The molecular formula is C23H30FN5O2S. The summed E-state index contributed by atoms with van der Waals surface area (Å²) in [5, 5.41) is 9.43. The summed E-state index contributed by atoms with van der Waals surface area (Å²) in [7, 11) is 0. The monoisotopic (exact) mass is 459 g/mol. The molecule has 2 aromatic rings. The zero-order valence-electron chi connectivity index (χ0n) is 18.3. The average molecular weight is 460 g/mol. The molecular weight excluding hydrogens is 429 g/mol. The molecule has 9 heteroatoms. The van der Waals surface area contributed by atoms with Crippen molar-refractivity contribution >= 4 is 23.6 Å². The van der Waals surface area contributed by atoms with Gasteiger partial charge < -0.3 is 14.5 Å². The van der Waals surface area contributed by atoms with Gasteiger partial charge >= 0.3 is 0 Å². The highest BCUT2D eigenvalue weighted by molar-refractivity contribution is 7.99. The molecule has 1 aliphatic carbocycles. The molecule has 1 amide bonds. The van der Waals surface area contributed by atoms with Crippen LogP contribution in [0.2, 0.25) is 0 Å². The summed E-state index contributed by atoms with van der Waals surface area (Å²) < 4.78 is 21.4. The molecule has 2 saturated heterocycles. The van der Waals surface area contributed by atoms with Crippen LogP contribution in [-0.2, 0) is 9.53 Å². The number of piperidine rings is 1. The van der Waals surface area contributed by atoms with Crippen molar-refractivity contribution in [3.63, 3.8) is 0 Å². The van der Waals surface area contributed by atoms with Crippen LogP contribution in [0.1, 0.15) is 38.5 Å². The second-order valence-electron chi connectivity index (χ2n) is 8.83. The number of thioether (sulfide) groups is 1. The molecule has 3 heterocycles. The van der Waals surface area contributed by atoms with Crippen molar-refractivity contribution < 1.29 is 13.9 Å². The Kier molecular flexibility index (Phi) is 6.64. The van der Waals surface area contributed by atoms with E-state index in [4.69, 9.17) is 4.74 Å². The van der Waals surface area contributed by atoms with Gasteiger partial charge in [-0.15, -0.1) is 10.2 Å². The molecule has 0 N–H and O–H groups in total. The number of ether oxygens (including phenoxy) is 1. The van der Waals surface area contributed by atoms with Gasteiger partial charge in [-0.25, -0.2) is 4.39 Å². The Bertz CT molecular complexity index is 946. The zero-order valence-corrected chi connectivity index (χ0v) is 19.1. The molecule has 1 aromatic carbocycles. The predicted octanol–water partition coefficient (Wildman–Crippen LogP) is 3.52. The molecule has 2 unspecified atom stereocenters. The van der Waals surface area contributed by atoms with Crippen LogP contribution in [0.15, 0.2) is 29.4 Å². The molecule has 0 bridgehead atoms. The number of nitrogens with zero attached hydrogens (tertiary/aromatic N) is 5. The van der Waals surface area contributed by atoms with E-state index in [2.05, 4.69) is 20.0 Å². The van der Waals surface area contributed by atoms with Crippen molar-refractivity contribution in [2.45, 2.75) is 49.7 Å². The summed E-state index contributed by atoms with van der Waals surface area (Å²) in [6.07, 6.45) is 7.23. The molecule has 7 nitrogen and oxygen atoms in total. The second-order valence-corrected chi connectivity index (χ2v) is 9.77. The first-order valence-electron chi connectivity index (χ1n) is 11.7. The van der Waals surface area contributed by atoms with Gasteiger partial charge in [0, 0.05) is 25.7 Å². The van der Waals surface area contributed by atoms with E-state index in [9.17, 15) is 9.18 Å². The Morgan fingerprint density at radius 1 is 1.09 bits per heavy atom. The number of halogens is 1. The number of likely N-dealkylation sites (tertiary alicyclic amines) is 1. The van der Waals surface area contributed by atoms with E-state index < -0.39 is 0 Å². The molecule has 3 fully saturated rings. The van der Waals surface area contributed by atoms with Crippen molar-refractivity contribution in [3.8, 4) is 5.69 Å². The normalized spacial score (nSPS) is 23.8. The van der Waals surface area contributed by atoms with E-state index in [1.807, 2.05) is 10.6 Å². The zero-order chi connectivity index (χ0) is 21.9. The van der Waals surface area contributed by atoms with Gasteiger partial charge in [0.25, 0.3) is 0 Å². The summed E-state index contributed by atoms with van der Waals surface area (Å²) in [5.74, 6) is 1.51. The maximum Gasteiger partial charge on any atom is 0.233 e. The van der Waals surface area contributed by atoms with Gasteiger partial charge in [-0.2, -0.15) is 0 Å². The third-order valence-electron chi connectivity index (χ3n) is 6.86. The molecule has 1 saturated carbocycles. The minimum absolute atomic E-state index is 0.174. The SMILES string of the molecule is O=C(CSc1nnc(N2CCOCC2)n1-c1cccc(F)c1)N1CCCC2CCCCC21. The number of fused-ring (bicyclic) bond motifs is 1. The summed E-state index contributed by atoms with van der Waals surface area (Å²) >= 11 is 1.39. The third-order valence-corrected chi connectivity index (χ3v) is 7.78. The number of hydrogen-bond acceptors (Lipinski definition) is 6. The van der Waals surface area contributed by atoms with Crippen LogP contribution < -0.4 is 4.90 Å². The lowest BCUT2D eigenvalue weighted by Gasteiger charge is -2.44. The standard InChI is InChI=1S/C23H30FN5O2S/c24-18-7-3-8-19(15-18)29-22(27-11-13-31-14-12-27)25-26-23(29)32-16-21(30)28-10-4-6-17-5-1-2-9-20(17)28/h3,7-8,15,17,20H,1-2,4-6,9-14,16H2. The summed E-state index contributed by atoms with van der Waals surface area (Å²) in [6, 6.07) is 6.84. The van der Waals surface area contributed by atoms with E-state index in [0.717, 1.165) is 19.4 Å². The van der Waals surface area contributed by atoms with Gasteiger partial charge in [0.1, 0.15) is 5.82 Å². The van der Waals surface area contributed by atoms with Gasteiger partial charge in [0.15, 0.2) is 5.16 Å². The first kappa shape index (κ1) is 21.7. The molecule has 172 valence electrons. The topological polar surface area (TPSA) is 63.5 Å². The first-order valence-corrected chi connectivity index (χ1v) is 12.7. The number of aromatic nitrogens is 3. The minimum atomic E-state index is -0.312. The fourth-order valence-corrected chi connectivity index (χ4v) is 6.14.